The van der Waals surface area contributed by atoms with Crippen LogP contribution in [0.3, 0.4) is 0 Å². The highest BCUT2D eigenvalue weighted by Crippen LogP contribution is 2.26. The minimum atomic E-state index is -0.227. The van der Waals surface area contributed by atoms with Crippen LogP contribution >= 0.6 is 0 Å². The second kappa shape index (κ2) is 9.46. The summed E-state index contributed by atoms with van der Waals surface area (Å²) in [6.45, 7) is 4.82. The number of rotatable bonds is 8. The van der Waals surface area contributed by atoms with Crippen molar-refractivity contribution in [1.82, 2.24) is 0 Å². The van der Waals surface area contributed by atoms with Gasteiger partial charge in [0, 0.05) is 23.1 Å². The molecule has 5 heteroatoms. The molecule has 0 bridgehead atoms. The molecule has 144 valence electrons. The second-order valence-corrected chi connectivity index (χ2v) is 6.05. The zero-order valence-electron chi connectivity index (χ0n) is 16.1. The fraction of sp³-hybridized carbons (Fsp3) is 0.174. The molecule has 2 N–H and O–H groups in total. The highest BCUT2D eigenvalue weighted by Gasteiger charge is 2.14. The minimum absolute atomic E-state index is 0.227. The number of benzene rings is 3. The zero-order valence-corrected chi connectivity index (χ0v) is 16.1. The van der Waals surface area contributed by atoms with Gasteiger partial charge in [0.15, 0.2) is 0 Å². The van der Waals surface area contributed by atoms with Crippen LogP contribution in [0.1, 0.15) is 24.2 Å². The van der Waals surface area contributed by atoms with Crippen molar-refractivity contribution in [2.75, 3.05) is 23.8 Å². The van der Waals surface area contributed by atoms with Gasteiger partial charge in [0.25, 0.3) is 5.91 Å². The van der Waals surface area contributed by atoms with Crippen LogP contribution in [0.5, 0.6) is 11.5 Å². The van der Waals surface area contributed by atoms with E-state index in [1.165, 1.54) is 0 Å². The van der Waals surface area contributed by atoms with Crippen molar-refractivity contribution in [3.63, 3.8) is 0 Å². The topological polar surface area (TPSA) is 59.6 Å². The molecule has 3 aromatic carbocycles. The largest absolute Gasteiger partial charge is 0.494 e. The average Bonchev–Trinajstić information content (AvgIpc) is 2.71. The van der Waals surface area contributed by atoms with E-state index in [1.807, 2.05) is 68.4 Å². The van der Waals surface area contributed by atoms with Crippen LogP contribution in [0.25, 0.3) is 0 Å². The van der Waals surface area contributed by atoms with Gasteiger partial charge in [-0.15, -0.1) is 0 Å². The molecule has 0 heterocycles. The molecule has 3 aromatic rings. The quantitative estimate of drug-likeness (QED) is 0.546. The minimum Gasteiger partial charge on any atom is -0.494 e. The lowest BCUT2D eigenvalue weighted by Crippen LogP contribution is -2.14. The van der Waals surface area contributed by atoms with Gasteiger partial charge < -0.3 is 20.1 Å². The summed E-state index contributed by atoms with van der Waals surface area (Å²) < 4.78 is 11.1. The second-order valence-electron chi connectivity index (χ2n) is 6.05. The van der Waals surface area contributed by atoms with E-state index in [0.29, 0.717) is 36.0 Å². The number of hydrogen-bond donors (Lipinski definition) is 2. The SMILES string of the molecule is CCOc1ccc(C(=O)Nc2ccc(Nc3ccccc3)cc2)c(OCC)c1. The van der Waals surface area contributed by atoms with Crippen LogP contribution in [0.2, 0.25) is 0 Å². The van der Waals surface area contributed by atoms with E-state index < -0.39 is 0 Å². The number of nitrogens with one attached hydrogen (secondary N) is 2. The Hall–Kier alpha value is -3.47. The van der Waals surface area contributed by atoms with E-state index in [4.69, 9.17) is 9.47 Å². The standard InChI is InChI=1S/C23H24N2O3/c1-3-27-20-14-15-21(22(16-20)28-4-2)23(26)25-19-12-10-18(11-13-19)24-17-8-6-5-7-9-17/h5-16,24H,3-4H2,1-2H3,(H,25,26). The van der Waals surface area contributed by atoms with Crippen molar-refractivity contribution in [3.8, 4) is 11.5 Å². The third kappa shape index (κ3) is 5.04. The van der Waals surface area contributed by atoms with E-state index in [1.54, 1.807) is 18.2 Å². The van der Waals surface area contributed by atoms with Gasteiger partial charge in [0.05, 0.1) is 18.8 Å². The van der Waals surface area contributed by atoms with E-state index in [2.05, 4.69) is 10.6 Å². The fourth-order valence-electron chi connectivity index (χ4n) is 2.75. The Morgan fingerprint density at radius 2 is 1.43 bits per heavy atom. The summed E-state index contributed by atoms with van der Waals surface area (Å²) >= 11 is 0. The molecule has 0 aromatic heterocycles. The third-order valence-electron chi connectivity index (χ3n) is 4.01. The number of anilines is 3. The summed E-state index contributed by atoms with van der Waals surface area (Å²) in [6, 6.07) is 22.7. The normalized spacial score (nSPS) is 10.2. The molecular weight excluding hydrogens is 352 g/mol. The molecule has 0 unspecified atom stereocenters. The van der Waals surface area contributed by atoms with Gasteiger partial charge >= 0.3 is 0 Å². The number of hydrogen-bond acceptors (Lipinski definition) is 4. The Kier molecular flexibility index (Phi) is 6.52. The lowest BCUT2D eigenvalue weighted by atomic mass is 10.1. The Balaban J connectivity index is 1.70. The van der Waals surface area contributed by atoms with Crippen molar-refractivity contribution in [2.45, 2.75) is 13.8 Å². The molecule has 0 saturated carbocycles. The molecule has 28 heavy (non-hydrogen) atoms. The maximum Gasteiger partial charge on any atom is 0.259 e. The zero-order chi connectivity index (χ0) is 19.8. The fourth-order valence-corrected chi connectivity index (χ4v) is 2.75. The molecule has 0 spiro atoms. The van der Waals surface area contributed by atoms with E-state index in [0.717, 1.165) is 11.4 Å². The van der Waals surface area contributed by atoms with Gasteiger partial charge in [-0.2, -0.15) is 0 Å². The molecule has 0 aliphatic heterocycles. The number of ether oxygens (including phenoxy) is 2. The summed E-state index contributed by atoms with van der Waals surface area (Å²) in [5.74, 6) is 0.961. The number of carbonyl (C=O) groups excluding carboxylic acids is 1. The smallest absolute Gasteiger partial charge is 0.259 e. The summed E-state index contributed by atoms with van der Waals surface area (Å²) in [6.07, 6.45) is 0. The van der Waals surface area contributed by atoms with Gasteiger partial charge in [0.2, 0.25) is 0 Å². The van der Waals surface area contributed by atoms with Crippen LogP contribution in [-0.4, -0.2) is 19.1 Å². The highest BCUT2D eigenvalue weighted by molar-refractivity contribution is 6.06. The van der Waals surface area contributed by atoms with E-state index in [9.17, 15) is 4.79 Å². The number of carbonyl (C=O) groups is 1. The first-order chi connectivity index (χ1) is 13.7. The molecule has 3 rings (SSSR count). The van der Waals surface area contributed by atoms with Gasteiger partial charge in [-0.05, 0) is 62.4 Å². The molecule has 0 radical (unpaired) electrons. The first-order valence-electron chi connectivity index (χ1n) is 9.32. The maximum absolute atomic E-state index is 12.7. The van der Waals surface area contributed by atoms with Crippen LogP contribution in [0, 0.1) is 0 Å². The van der Waals surface area contributed by atoms with Crippen molar-refractivity contribution in [3.05, 3.63) is 78.4 Å². The van der Waals surface area contributed by atoms with Crippen molar-refractivity contribution in [1.29, 1.82) is 0 Å². The Morgan fingerprint density at radius 3 is 2.11 bits per heavy atom. The van der Waals surface area contributed by atoms with Crippen molar-refractivity contribution in [2.24, 2.45) is 0 Å². The molecule has 0 saturated heterocycles. The predicted octanol–water partition coefficient (Wildman–Crippen LogP) is 5.48. The van der Waals surface area contributed by atoms with Crippen LogP contribution in [0.15, 0.2) is 72.8 Å². The molecular formula is C23H24N2O3. The number of para-hydroxylation sites is 1. The van der Waals surface area contributed by atoms with E-state index in [-0.39, 0.29) is 5.91 Å². The van der Waals surface area contributed by atoms with Crippen LogP contribution in [-0.2, 0) is 0 Å². The summed E-state index contributed by atoms with van der Waals surface area (Å²) in [4.78, 5) is 12.7. The van der Waals surface area contributed by atoms with Crippen molar-refractivity contribution >= 4 is 23.0 Å². The van der Waals surface area contributed by atoms with Crippen LogP contribution < -0.4 is 20.1 Å². The average molecular weight is 376 g/mol. The molecule has 0 fully saturated rings. The maximum atomic E-state index is 12.7. The monoisotopic (exact) mass is 376 g/mol. The highest BCUT2D eigenvalue weighted by atomic mass is 16.5. The predicted molar refractivity (Wildman–Crippen MR) is 113 cm³/mol. The van der Waals surface area contributed by atoms with Gasteiger partial charge in [-0.25, -0.2) is 0 Å². The summed E-state index contributed by atoms with van der Waals surface area (Å²) in [5, 5.41) is 6.23. The molecule has 0 aliphatic rings. The Labute approximate surface area is 165 Å². The van der Waals surface area contributed by atoms with Crippen molar-refractivity contribution < 1.29 is 14.3 Å². The van der Waals surface area contributed by atoms with Gasteiger partial charge in [-0.1, -0.05) is 18.2 Å². The first-order valence-corrected chi connectivity index (χ1v) is 9.32. The molecule has 0 aliphatic carbocycles. The van der Waals surface area contributed by atoms with Crippen LogP contribution in [0.4, 0.5) is 17.1 Å². The van der Waals surface area contributed by atoms with Gasteiger partial charge in [0.1, 0.15) is 11.5 Å². The molecule has 1 amide bonds. The first kappa shape index (κ1) is 19.3. The molecule has 0 atom stereocenters. The Bertz CT molecular complexity index is 909. The third-order valence-corrected chi connectivity index (χ3v) is 4.01. The summed E-state index contributed by atoms with van der Waals surface area (Å²) in [7, 11) is 0. The lowest BCUT2D eigenvalue weighted by Gasteiger charge is -2.13. The Morgan fingerprint density at radius 1 is 0.786 bits per heavy atom. The van der Waals surface area contributed by atoms with E-state index >= 15 is 0 Å². The van der Waals surface area contributed by atoms with Gasteiger partial charge in [-0.3, -0.25) is 4.79 Å². The summed E-state index contributed by atoms with van der Waals surface area (Å²) in [5.41, 5.74) is 3.13. The molecule has 5 nitrogen and oxygen atoms in total. The number of amides is 1. The lowest BCUT2D eigenvalue weighted by molar-refractivity contribution is 0.102.